The van der Waals surface area contributed by atoms with Gasteiger partial charge in [0.1, 0.15) is 5.82 Å². The van der Waals surface area contributed by atoms with Crippen molar-refractivity contribution in [3.8, 4) is 11.1 Å². The van der Waals surface area contributed by atoms with Gasteiger partial charge < -0.3 is 0 Å². The summed E-state index contributed by atoms with van der Waals surface area (Å²) in [6, 6.07) is 14.4. The monoisotopic (exact) mass is 250 g/mol. The van der Waals surface area contributed by atoms with Gasteiger partial charge in [-0.05, 0) is 23.8 Å². The molecular formula is C12H8BrF. The highest BCUT2D eigenvalue weighted by Gasteiger charge is 2.04. The van der Waals surface area contributed by atoms with Crippen molar-refractivity contribution >= 4 is 15.9 Å². The van der Waals surface area contributed by atoms with Crippen LogP contribution in [0.4, 0.5) is 4.39 Å². The summed E-state index contributed by atoms with van der Waals surface area (Å²) in [4.78, 5) is 0. The molecule has 2 heteroatoms. The first-order valence-electron chi connectivity index (χ1n) is 4.28. The third kappa shape index (κ3) is 1.85. The van der Waals surface area contributed by atoms with Gasteiger partial charge in [-0.1, -0.05) is 46.3 Å². The van der Waals surface area contributed by atoms with Gasteiger partial charge in [-0.2, -0.15) is 0 Å². The van der Waals surface area contributed by atoms with Crippen molar-refractivity contribution < 1.29 is 4.39 Å². The molecule has 0 atom stereocenters. The van der Waals surface area contributed by atoms with Crippen LogP contribution in [0.1, 0.15) is 0 Å². The van der Waals surface area contributed by atoms with E-state index in [1.54, 1.807) is 12.1 Å². The summed E-state index contributed by atoms with van der Waals surface area (Å²) >= 11 is 3.33. The van der Waals surface area contributed by atoms with Crippen molar-refractivity contribution in [2.45, 2.75) is 0 Å². The van der Waals surface area contributed by atoms with E-state index >= 15 is 0 Å². The Balaban J connectivity index is 2.57. The standard InChI is InChI=1S/C12H8BrF/c13-10-6-7-12(14)11(8-10)9-4-2-1-3-5-9/h1-8H. The Morgan fingerprint density at radius 2 is 1.64 bits per heavy atom. The van der Waals surface area contributed by atoms with Crippen LogP contribution in [0.25, 0.3) is 11.1 Å². The lowest BCUT2D eigenvalue weighted by atomic mass is 10.1. The van der Waals surface area contributed by atoms with Crippen molar-refractivity contribution in [2.24, 2.45) is 0 Å². The van der Waals surface area contributed by atoms with Gasteiger partial charge in [-0.3, -0.25) is 0 Å². The van der Waals surface area contributed by atoms with Crippen LogP contribution in [0.3, 0.4) is 0 Å². The topological polar surface area (TPSA) is 0 Å². The van der Waals surface area contributed by atoms with E-state index in [9.17, 15) is 4.39 Å². The molecule has 0 saturated heterocycles. The first-order chi connectivity index (χ1) is 6.77. The molecule has 0 aromatic heterocycles. The van der Waals surface area contributed by atoms with Crippen LogP contribution in [-0.2, 0) is 0 Å². The van der Waals surface area contributed by atoms with Gasteiger partial charge in [0.15, 0.2) is 0 Å². The quantitative estimate of drug-likeness (QED) is 0.710. The SMILES string of the molecule is Fc1ccc(Br)cc1-c1ccccc1. The fraction of sp³-hybridized carbons (Fsp3) is 0. The van der Waals surface area contributed by atoms with E-state index in [1.165, 1.54) is 6.07 Å². The van der Waals surface area contributed by atoms with E-state index in [1.807, 2.05) is 30.3 Å². The molecule has 0 aliphatic carbocycles. The zero-order valence-corrected chi connectivity index (χ0v) is 8.96. The van der Waals surface area contributed by atoms with Gasteiger partial charge >= 0.3 is 0 Å². The summed E-state index contributed by atoms with van der Waals surface area (Å²) in [5, 5.41) is 0. The van der Waals surface area contributed by atoms with Gasteiger partial charge in [0, 0.05) is 10.0 Å². The Labute approximate surface area is 90.5 Å². The molecule has 2 aromatic rings. The number of halogens is 2. The lowest BCUT2D eigenvalue weighted by Gasteiger charge is -2.03. The molecule has 0 N–H and O–H groups in total. The molecule has 14 heavy (non-hydrogen) atoms. The highest BCUT2D eigenvalue weighted by Crippen LogP contribution is 2.25. The largest absolute Gasteiger partial charge is 0.206 e. The van der Waals surface area contributed by atoms with Crippen molar-refractivity contribution in [3.05, 3.63) is 58.8 Å². The summed E-state index contributed by atoms with van der Waals surface area (Å²) in [6.07, 6.45) is 0. The molecule has 0 bridgehead atoms. The second-order valence-electron chi connectivity index (χ2n) is 2.99. The summed E-state index contributed by atoms with van der Waals surface area (Å²) in [5.41, 5.74) is 1.52. The van der Waals surface area contributed by atoms with E-state index < -0.39 is 0 Å². The van der Waals surface area contributed by atoms with Gasteiger partial charge in [-0.15, -0.1) is 0 Å². The van der Waals surface area contributed by atoms with E-state index in [-0.39, 0.29) is 5.82 Å². The zero-order chi connectivity index (χ0) is 9.97. The van der Waals surface area contributed by atoms with Gasteiger partial charge in [0.25, 0.3) is 0 Å². The van der Waals surface area contributed by atoms with E-state index in [2.05, 4.69) is 15.9 Å². The molecule has 0 aliphatic rings. The number of hydrogen-bond acceptors (Lipinski definition) is 0. The molecule has 2 rings (SSSR count). The van der Waals surface area contributed by atoms with Crippen LogP contribution < -0.4 is 0 Å². The van der Waals surface area contributed by atoms with Crippen LogP contribution in [0.15, 0.2) is 53.0 Å². The summed E-state index contributed by atoms with van der Waals surface area (Å²) in [5.74, 6) is -0.195. The Morgan fingerprint density at radius 3 is 2.36 bits per heavy atom. The third-order valence-corrected chi connectivity index (χ3v) is 2.51. The Morgan fingerprint density at radius 1 is 0.929 bits per heavy atom. The average molecular weight is 251 g/mol. The highest BCUT2D eigenvalue weighted by molar-refractivity contribution is 9.10. The molecule has 0 radical (unpaired) electrons. The predicted molar refractivity (Wildman–Crippen MR) is 59.5 cm³/mol. The van der Waals surface area contributed by atoms with E-state index in [0.29, 0.717) is 5.56 Å². The summed E-state index contributed by atoms with van der Waals surface area (Å²) in [6.45, 7) is 0. The minimum atomic E-state index is -0.195. The second kappa shape index (κ2) is 3.93. The van der Waals surface area contributed by atoms with Crippen LogP contribution in [0.2, 0.25) is 0 Å². The number of rotatable bonds is 1. The first-order valence-corrected chi connectivity index (χ1v) is 5.07. The van der Waals surface area contributed by atoms with Crippen LogP contribution in [0, 0.1) is 5.82 Å². The van der Waals surface area contributed by atoms with E-state index in [4.69, 9.17) is 0 Å². The highest BCUT2D eigenvalue weighted by atomic mass is 79.9. The molecule has 0 spiro atoms. The Hall–Kier alpha value is -1.15. The maximum atomic E-state index is 13.4. The normalized spacial score (nSPS) is 10.1. The maximum absolute atomic E-state index is 13.4. The summed E-state index contributed by atoms with van der Waals surface area (Å²) in [7, 11) is 0. The first kappa shape index (κ1) is 9.41. The molecule has 0 saturated carbocycles. The summed E-state index contributed by atoms with van der Waals surface area (Å²) < 4.78 is 14.3. The maximum Gasteiger partial charge on any atom is 0.131 e. The van der Waals surface area contributed by atoms with Crippen molar-refractivity contribution in [1.82, 2.24) is 0 Å². The van der Waals surface area contributed by atoms with Gasteiger partial charge in [0.2, 0.25) is 0 Å². The molecule has 0 heterocycles. The molecule has 0 nitrogen and oxygen atoms in total. The van der Waals surface area contributed by atoms with Crippen molar-refractivity contribution in [2.75, 3.05) is 0 Å². The Bertz CT molecular complexity index is 437. The van der Waals surface area contributed by atoms with Crippen molar-refractivity contribution in [1.29, 1.82) is 0 Å². The zero-order valence-electron chi connectivity index (χ0n) is 7.37. The molecule has 0 fully saturated rings. The lowest BCUT2D eigenvalue weighted by molar-refractivity contribution is 0.631. The molecule has 2 aromatic carbocycles. The Kier molecular flexibility index (Phi) is 2.64. The molecule has 0 amide bonds. The number of benzene rings is 2. The van der Waals surface area contributed by atoms with Crippen LogP contribution in [0.5, 0.6) is 0 Å². The second-order valence-corrected chi connectivity index (χ2v) is 3.91. The molecular weight excluding hydrogens is 243 g/mol. The smallest absolute Gasteiger partial charge is 0.131 e. The van der Waals surface area contributed by atoms with Gasteiger partial charge in [0.05, 0.1) is 0 Å². The minimum absolute atomic E-state index is 0.195. The van der Waals surface area contributed by atoms with Gasteiger partial charge in [-0.25, -0.2) is 4.39 Å². The minimum Gasteiger partial charge on any atom is -0.206 e. The molecule has 70 valence electrons. The predicted octanol–water partition coefficient (Wildman–Crippen LogP) is 4.26. The van der Waals surface area contributed by atoms with Crippen molar-refractivity contribution in [3.63, 3.8) is 0 Å². The molecule has 0 aliphatic heterocycles. The fourth-order valence-corrected chi connectivity index (χ4v) is 1.70. The number of hydrogen-bond donors (Lipinski definition) is 0. The molecule has 0 unspecified atom stereocenters. The van der Waals surface area contributed by atoms with Crippen LogP contribution in [-0.4, -0.2) is 0 Å². The van der Waals surface area contributed by atoms with E-state index in [0.717, 1.165) is 10.0 Å². The lowest BCUT2D eigenvalue weighted by Crippen LogP contribution is -1.83. The third-order valence-electron chi connectivity index (χ3n) is 2.01. The van der Waals surface area contributed by atoms with Crippen LogP contribution >= 0.6 is 15.9 Å². The average Bonchev–Trinajstić information content (AvgIpc) is 2.23. The fourth-order valence-electron chi connectivity index (χ4n) is 1.34.